The highest BCUT2D eigenvalue weighted by Gasteiger charge is 2.30. The fourth-order valence-electron chi connectivity index (χ4n) is 2.45. The van der Waals surface area contributed by atoms with Gasteiger partial charge in [0.2, 0.25) is 0 Å². The van der Waals surface area contributed by atoms with Crippen molar-refractivity contribution in [3.63, 3.8) is 0 Å². The van der Waals surface area contributed by atoms with Crippen molar-refractivity contribution in [1.29, 1.82) is 0 Å². The van der Waals surface area contributed by atoms with E-state index >= 15 is 0 Å². The smallest absolute Gasteiger partial charge is 0.416 e. The molecule has 1 aromatic carbocycles. The van der Waals surface area contributed by atoms with Crippen molar-refractivity contribution in [1.82, 2.24) is 14.7 Å². The number of alkyl halides is 3. The fraction of sp³-hybridized carbons (Fsp3) is 0.286. The second kappa shape index (κ2) is 5.69. The Bertz CT molecular complexity index is 756. The molecule has 0 unspecified atom stereocenters. The molecule has 23 heavy (non-hydrogen) atoms. The summed E-state index contributed by atoms with van der Waals surface area (Å²) in [5, 5.41) is 13.5. The number of hydrogen-bond donors (Lipinski definition) is 1. The Morgan fingerprint density at radius 2 is 1.87 bits per heavy atom. The third kappa shape index (κ3) is 3.01. The van der Waals surface area contributed by atoms with Crippen LogP contribution in [0.3, 0.4) is 0 Å². The predicted octanol–water partition coefficient (Wildman–Crippen LogP) is 3.67. The average molecular weight is 437 g/mol. The van der Waals surface area contributed by atoms with Crippen molar-refractivity contribution >= 4 is 28.7 Å². The van der Waals surface area contributed by atoms with Crippen molar-refractivity contribution in [2.45, 2.75) is 19.3 Å². The number of aromatic nitrogens is 2. The molecule has 0 fully saturated rings. The van der Waals surface area contributed by atoms with Crippen molar-refractivity contribution in [2.75, 3.05) is 6.54 Å². The SMILES string of the molecule is O=C(O)N1CCn2nc(-c3ccc(C(F)(F)F)cc3)c(I)c2C1. The maximum absolute atomic E-state index is 12.6. The minimum atomic E-state index is -4.37. The molecule has 122 valence electrons. The molecule has 3 rings (SSSR count). The van der Waals surface area contributed by atoms with E-state index in [2.05, 4.69) is 27.7 Å². The second-order valence-corrected chi connectivity index (χ2v) is 6.19. The molecule has 0 spiro atoms. The monoisotopic (exact) mass is 437 g/mol. The second-order valence-electron chi connectivity index (χ2n) is 5.11. The van der Waals surface area contributed by atoms with Crippen LogP contribution in [0, 0.1) is 3.57 Å². The summed E-state index contributed by atoms with van der Waals surface area (Å²) >= 11 is 2.06. The van der Waals surface area contributed by atoms with Gasteiger partial charge in [0, 0.05) is 12.1 Å². The summed E-state index contributed by atoms with van der Waals surface area (Å²) in [6.45, 7) is 0.992. The predicted molar refractivity (Wildman–Crippen MR) is 83.8 cm³/mol. The molecule has 0 saturated carbocycles. The maximum atomic E-state index is 12.6. The first-order valence-electron chi connectivity index (χ1n) is 6.68. The number of carboxylic acid groups (broad SMARTS) is 1. The summed E-state index contributed by atoms with van der Waals surface area (Å²) in [6, 6.07) is 4.81. The van der Waals surface area contributed by atoms with E-state index in [1.165, 1.54) is 17.0 Å². The summed E-state index contributed by atoms with van der Waals surface area (Å²) in [5.74, 6) is 0. The molecular weight excluding hydrogens is 426 g/mol. The quantitative estimate of drug-likeness (QED) is 0.693. The molecule has 1 amide bonds. The van der Waals surface area contributed by atoms with Crippen molar-refractivity contribution in [3.05, 3.63) is 39.1 Å². The van der Waals surface area contributed by atoms with E-state index in [1.54, 1.807) is 4.68 Å². The first-order valence-corrected chi connectivity index (χ1v) is 7.76. The Balaban J connectivity index is 1.95. The van der Waals surface area contributed by atoms with E-state index in [1.807, 2.05) is 0 Å². The molecule has 0 atom stereocenters. The maximum Gasteiger partial charge on any atom is 0.416 e. The minimum Gasteiger partial charge on any atom is -0.465 e. The lowest BCUT2D eigenvalue weighted by Gasteiger charge is -2.25. The van der Waals surface area contributed by atoms with Crippen LogP contribution in [-0.4, -0.2) is 32.4 Å². The molecule has 1 aromatic heterocycles. The van der Waals surface area contributed by atoms with E-state index in [0.29, 0.717) is 24.3 Å². The summed E-state index contributed by atoms with van der Waals surface area (Å²) in [5.41, 5.74) is 1.19. The molecule has 9 heteroatoms. The van der Waals surface area contributed by atoms with E-state index in [-0.39, 0.29) is 6.54 Å². The zero-order chi connectivity index (χ0) is 16.8. The highest BCUT2D eigenvalue weighted by molar-refractivity contribution is 14.1. The zero-order valence-corrected chi connectivity index (χ0v) is 13.8. The van der Waals surface area contributed by atoms with E-state index in [9.17, 15) is 18.0 Å². The van der Waals surface area contributed by atoms with Gasteiger partial charge in [-0.1, -0.05) is 12.1 Å². The van der Waals surface area contributed by atoms with Crippen LogP contribution < -0.4 is 0 Å². The average Bonchev–Trinajstić information content (AvgIpc) is 2.83. The third-order valence-electron chi connectivity index (χ3n) is 3.67. The van der Waals surface area contributed by atoms with Crippen molar-refractivity contribution < 1.29 is 23.1 Å². The van der Waals surface area contributed by atoms with Gasteiger partial charge in [-0.05, 0) is 34.7 Å². The first kappa shape index (κ1) is 16.1. The summed E-state index contributed by atoms with van der Waals surface area (Å²) in [4.78, 5) is 12.4. The molecule has 0 saturated heterocycles. The van der Waals surface area contributed by atoms with Crippen LogP contribution in [0.15, 0.2) is 24.3 Å². The Kier molecular flexibility index (Phi) is 3.98. The van der Waals surface area contributed by atoms with Gasteiger partial charge in [-0.15, -0.1) is 0 Å². The van der Waals surface area contributed by atoms with Gasteiger partial charge in [-0.3, -0.25) is 4.68 Å². The van der Waals surface area contributed by atoms with E-state index < -0.39 is 17.8 Å². The lowest BCUT2D eigenvalue weighted by Crippen LogP contribution is -2.37. The van der Waals surface area contributed by atoms with Crippen LogP contribution in [0.4, 0.5) is 18.0 Å². The molecule has 2 heterocycles. The summed E-state index contributed by atoms with van der Waals surface area (Å²) in [6.07, 6.45) is -5.37. The molecule has 1 N–H and O–H groups in total. The van der Waals surface area contributed by atoms with E-state index in [4.69, 9.17) is 5.11 Å². The molecule has 1 aliphatic heterocycles. The number of halogens is 4. The third-order valence-corrected chi connectivity index (χ3v) is 4.81. The number of benzene rings is 1. The highest BCUT2D eigenvalue weighted by atomic mass is 127. The molecule has 0 aliphatic carbocycles. The number of carbonyl (C=O) groups is 1. The topological polar surface area (TPSA) is 58.4 Å². The number of nitrogens with zero attached hydrogens (tertiary/aromatic N) is 3. The number of amides is 1. The Labute approximate surface area is 142 Å². The zero-order valence-electron chi connectivity index (χ0n) is 11.6. The number of hydrogen-bond acceptors (Lipinski definition) is 2. The molecule has 5 nitrogen and oxygen atoms in total. The largest absolute Gasteiger partial charge is 0.465 e. The van der Waals surface area contributed by atoms with Gasteiger partial charge in [0.1, 0.15) is 5.69 Å². The number of rotatable bonds is 1. The van der Waals surface area contributed by atoms with Gasteiger partial charge in [-0.25, -0.2) is 4.79 Å². The summed E-state index contributed by atoms with van der Waals surface area (Å²) in [7, 11) is 0. The Morgan fingerprint density at radius 1 is 1.22 bits per heavy atom. The molecule has 2 aromatic rings. The lowest BCUT2D eigenvalue weighted by molar-refractivity contribution is -0.137. The van der Waals surface area contributed by atoms with Crippen LogP contribution in [0.1, 0.15) is 11.3 Å². The van der Waals surface area contributed by atoms with Gasteiger partial charge in [0.15, 0.2) is 0 Å². The van der Waals surface area contributed by atoms with Gasteiger partial charge >= 0.3 is 12.3 Å². The Hall–Kier alpha value is -1.78. The van der Waals surface area contributed by atoms with Gasteiger partial charge in [0.05, 0.1) is 27.9 Å². The molecule has 1 aliphatic rings. The minimum absolute atomic E-state index is 0.223. The van der Waals surface area contributed by atoms with Gasteiger partial charge in [-0.2, -0.15) is 18.3 Å². The molecule has 0 radical (unpaired) electrons. The van der Waals surface area contributed by atoms with Crippen LogP contribution in [-0.2, 0) is 19.3 Å². The van der Waals surface area contributed by atoms with Gasteiger partial charge < -0.3 is 10.0 Å². The normalized spacial score (nSPS) is 14.7. The standard InChI is InChI=1S/C14H11F3IN3O2/c15-14(16,17)9-3-1-8(2-4-9)12-11(18)10-7-20(13(22)23)5-6-21(10)19-12/h1-4H,5-7H2,(H,22,23). The highest BCUT2D eigenvalue weighted by Crippen LogP contribution is 2.33. The van der Waals surface area contributed by atoms with Crippen LogP contribution in [0.25, 0.3) is 11.3 Å². The van der Waals surface area contributed by atoms with E-state index in [0.717, 1.165) is 21.4 Å². The first-order chi connectivity index (χ1) is 10.8. The van der Waals surface area contributed by atoms with Gasteiger partial charge in [0.25, 0.3) is 0 Å². The van der Waals surface area contributed by atoms with Crippen molar-refractivity contribution in [3.8, 4) is 11.3 Å². The molecular formula is C14H11F3IN3O2. The fourth-order valence-corrected chi connectivity index (χ4v) is 3.32. The summed E-state index contributed by atoms with van der Waals surface area (Å²) < 4.78 is 40.3. The van der Waals surface area contributed by atoms with Crippen molar-refractivity contribution in [2.24, 2.45) is 0 Å². The van der Waals surface area contributed by atoms with Crippen LogP contribution in [0.5, 0.6) is 0 Å². The van der Waals surface area contributed by atoms with Crippen LogP contribution >= 0.6 is 22.6 Å². The Morgan fingerprint density at radius 3 is 2.43 bits per heavy atom. The number of fused-ring (bicyclic) bond motifs is 1. The molecule has 0 bridgehead atoms. The van der Waals surface area contributed by atoms with Crippen LogP contribution in [0.2, 0.25) is 0 Å². The lowest BCUT2D eigenvalue weighted by atomic mass is 10.1.